The van der Waals surface area contributed by atoms with Crippen molar-refractivity contribution < 1.29 is 17.9 Å². The van der Waals surface area contributed by atoms with Gasteiger partial charge in [0.1, 0.15) is 5.75 Å². The fraction of sp³-hybridized carbons (Fsp3) is 0.269. The number of methoxy groups -OCH3 is 1. The zero-order chi connectivity index (χ0) is 24.0. The zero-order valence-electron chi connectivity index (χ0n) is 19.4. The summed E-state index contributed by atoms with van der Waals surface area (Å²) in [5.74, 6) is 0.356. The van der Waals surface area contributed by atoms with E-state index in [-0.39, 0.29) is 29.9 Å². The smallest absolute Gasteiger partial charge is 0.244 e. The highest BCUT2D eigenvalue weighted by molar-refractivity contribution is 7.89. The second kappa shape index (κ2) is 10.6. The average molecular weight is 467 g/mol. The minimum atomic E-state index is -3.90. The number of carbonyl (C=O) groups is 1. The predicted octanol–water partition coefficient (Wildman–Crippen LogP) is 4.38. The number of nitrogens with one attached hydrogen (secondary N) is 1. The molecule has 3 rings (SSSR count). The lowest BCUT2D eigenvalue weighted by atomic mass is 10.1. The molecule has 0 aliphatic rings. The van der Waals surface area contributed by atoms with Crippen molar-refractivity contribution in [1.82, 2.24) is 9.62 Å². The molecule has 6 nitrogen and oxygen atoms in total. The molecule has 1 N–H and O–H groups in total. The van der Waals surface area contributed by atoms with Gasteiger partial charge in [-0.15, -0.1) is 0 Å². The molecule has 0 aliphatic heterocycles. The maximum atomic E-state index is 13.6. The molecule has 0 bridgehead atoms. The summed E-state index contributed by atoms with van der Waals surface area (Å²) in [6.45, 7) is 5.29. The molecule has 0 aliphatic carbocycles. The zero-order valence-corrected chi connectivity index (χ0v) is 20.2. The fourth-order valence-corrected chi connectivity index (χ4v) is 5.25. The number of benzene rings is 3. The molecule has 7 heteroatoms. The van der Waals surface area contributed by atoms with Gasteiger partial charge in [0, 0.05) is 6.54 Å². The summed E-state index contributed by atoms with van der Waals surface area (Å²) in [6.07, 6.45) is 0. The van der Waals surface area contributed by atoms with E-state index in [0.717, 1.165) is 22.4 Å². The maximum absolute atomic E-state index is 13.6. The molecule has 0 unspecified atom stereocenters. The number of sulfonamides is 1. The molecule has 0 fully saturated rings. The van der Waals surface area contributed by atoms with Crippen LogP contribution in [0.4, 0.5) is 0 Å². The molecule has 3 aromatic carbocycles. The van der Waals surface area contributed by atoms with Crippen LogP contribution in [0.1, 0.15) is 35.2 Å². The second-order valence-electron chi connectivity index (χ2n) is 8.09. The van der Waals surface area contributed by atoms with Crippen molar-refractivity contribution in [3.05, 3.63) is 95.1 Å². The van der Waals surface area contributed by atoms with E-state index in [1.54, 1.807) is 26.2 Å². The Labute approximate surface area is 196 Å². The van der Waals surface area contributed by atoms with Crippen molar-refractivity contribution in [2.24, 2.45) is 0 Å². The minimum Gasteiger partial charge on any atom is -0.497 e. The second-order valence-corrected chi connectivity index (χ2v) is 10.00. The Hall–Kier alpha value is -3.16. The highest BCUT2D eigenvalue weighted by atomic mass is 32.2. The van der Waals surface area contributed by atoms with Crippen LogP contribution in [0.5, 0.6) is 5.75 Å². The number of ether oxygens (including phenoxy) is 1. The molecule has 0 saturated heterocycles. The molecular formula is C26H30N2O4S. The molecule has 1 amide bonds. The highest BCUT2D eigenvalue weighted by Gasteiger charge is 2.29. The van der Waals surface area contributed by atoms with Gasteiger partial charge in [-0.3, -0.25) is 4.79 Å². The van der Waals surface area contributed by atoms with Gasteiger partial charge in [-0.2, -0.15) is 4.31 Å². The van der Waals surface area contributed by atoms with E-state index in [9.17, 15) is 13.2 Å². The van der Waals surface area contributed by atoms with E-state index in [1.165, 1.54) is 4.31 Å². The fourth-order valence-electron chi connectivity index (χ4n) is 3.56. The van der Waals surface area contributed by atoms with Crippen molar-refractivity contribution >= 4 is 15.9 Å². The largest absolute Gasteiger partial charge is 0.497 e. The Kier molecular flexibility index (Phi) is 7.89. The topological polar surface area (TPSA) is 75.7 Å². The van der Waals surface area contributed by atoms with Gasteiger partial charge in [0.2, 0.25) is 15.9 Å². The first-order chi connectivity index (χ1) is 15.7. The van der Waals surface area contributed by atoms with E-state index >= 15 is 0 Å². The number of nitrogens with zero attached hydrogens (tertiary/aromatic N) is 1. The van der Waals surface area contributed by atoms with Crippen molar-refractivity contribution in [3.63, 3.8) is 0 Å². The number of hydrogen-bond acceptors (Lipinski definition) is 4. The molecule has 3 aromatic rings. The summed E-state index contributed by atoms with van der Waals surface area (Å²) in [4.78, 5) is 13.2. The molecule has 174 valence electrons. The number of amides is 1. The Morgan fingerprint density at radius 2 is 1.67 bits per heavy atom. The third kappa shape index (κ3) is 6.21. The Morgan fingerprint density at radius 3 is 2.30 bits per heavy atom. The first-order valence-electron chi connectivity index (χ1n) is 10.8. The number of carbonyl (C=O) groups excluding carboxylic acids is 1. The van der Waals surface area contributed by atoms with Gasteiger partial charge in [-0.05, 0) is 61.2 Å². The molecule has 0 spiro atoms. The Morgan fingerprint density at radius 1 is 1.00 bits per heavy atom. The van der Waals surface area contributed by atoms with E-state index < -0.39 is 10.0 Å². The molecule has 0 saturated carbocycles. The number of aryl methyl sites for hydroxylation is 2. The first-order valence-corrected chi connectivity index (χ1v) is 12.2. The molecular weight excluding hydrogens is 436 g/mol. The quantitative estimate of drug-likeness (QED) is 0.508. The number of rotatable bonds is 9. The van der Waals surface area contributed by atoms with Crippen LogP contribution in [-0.4, -0.2) is 32.3 Å². The molecule has 1 atom stereocenters. The lowest BCUT2D eigenvalue weighted by Crippen LogP contribution is -2.41. The average Bonchev–Trinajstić information content (AvgIpc) is 2.80. The van der Waals surface area contributed by atoms with Crippen LogP contribution < -0.4 is 10.1 Å². The summed E-state index contributed by atoms with van der Waals surface area (Å²) in [6, 6.07) is 21.7. The van der Waals surface area contributed by atoms with Crippen LogP contribution in [0.25, 0.3) is 0 Å². The van der Waals surface area contributed by atoms with Gasteiger partial charge in [0.25, 0.3) is 0 Å². The molecule has 33 heavy (non-hydrogen) atoms. The van der Waals surface area contributed by atoms with Crippen molar-refractivity contribution in [2.45, 2.75) is 38.3 Å². The van der Waals surface area contributed by atoms with Gasteiger partial charge in [-0.25, -0.2) is 8.42 Å². The Bertz CT molecular complexity index is 1190. The molecule has 0 aromatic heterocycles. The normalized spacial score (nSPS) is 12.4. The van der Waals surface area contributed by atoms with Crippen LogP contribution in [0.3, 0.4) is 0 Å². The summed E-state index contributed by atoms with van der Waals surface area (Å²) >= 11 is 0. The summed E-state index contributed by atoms with van der Waals surface area (Å²) < 4.78 is 33.6. The van der Waals surface area contributed by atoms with E-state index in [4.69, 9.17) is 4.74 Å². The predicted molar refractivity (Wildman–Crippen MR) is 130 cm³/mol. The molecule has 0 radical (unpaired) electrons. The summed E-state index contributed by atoms with van der Waals surface area (Å²) in [7, 11) is -2.31. The summed E-state index contributed by atoms with van der Waals surface area (Å²) in [5, 5.41) is 2.91. The molecule has 0 heterocycles. The van der Waals surface area contributed by atoms with Gasteiger partial charge >= 0.3 is 0 Å². The maximum Gasteiger partial charge on any atom is 0.244 e. The third-order valence-corrected chi connectivity index (χ3v) is 7.41. The van der Waals surface area contributed by atoms with Crippen LogP contribution in [-0.2, 0) is 21.4 Å². The van der Waals surface area contributed by atoms with E-state index in [0.29, 0.717) is 5.56 Å². The van der Waals surface area contributed by atoms with Crippen molar-refractivity contribution in [3.8, 4) is 5.75 Å². The Balaban J connectivity index is 1.84. The van der Waals surface area contributed by atoms with Crippen LogP contribution in [0.15, 0.2) is 77.7 Å². The summed E-state index contributed by atoms with van der Waals surface area (Å²) in [5.41, 5.74) is 3.20. The van der Waals surface area contributed by atoms with Crippen LogP contribution in [0, 0.1) is 13.8 Å². The number of hydrogen-bond donors (Lipinski definition) is 1. The van der Waals surface area contributed by atoms with E-state index in [2.05, 4.69) is 5.32 Å². The highest BCUT2D eigenvalue weighted by Crippen LogP contribution is 2.23. The van der Waals surface area contributed by atoms with Crippen LogP contribution in [0.2, 0.25) is 0 Å². The van der Waals surface area contributed by atoms with Gasteiger partial charge in [0.05, 0.1) is 24.6 Å². The SMILES string of the molecule is COc1ccc([C@@H](C)NC(=O)CN(Cc2ccccc2)S(=O)(=O)c2cc(C)ccc2C)cc1. The van der Waals surface area contributed by atoms with Gasteiger partial charge in [-0.1, -0.05) is 54.6 Å². The minimum absolute atomic E-state index is 0.0981. The monoisotopic (exact) mass is 466 g/mol. The first kappa shape index (κ1) is 24.5. The van der Waals surface area contributed by atoms with Gasteiger partial charge < -0.3 is 10.1 Å². The van der Waals surface area contributed by atoms with Crippen molar-refractivity contribution in [2.75, 3.05) is 13.7 Å². The van der Waals surface area contributed by atoms with Crippen molar-refractivity contribution in [1.29, 1.82) is 0 Å². The van der Waals surface area contributed by atoms with Gasteiger partial charge in [0.15, 0.2) is 0 Å². The van der Waals surface area contributed by atoms with Crippen LogP contribution >= 0.6 is 0 Å². The standard InChI is InChI=1S/C26H30N2O4S/c1-19-10-11-20(2)25(16-19)33(30,31)28(17-22-8-6-5-7-9-22)18-26(29)27-21(3)23-12-14-24(32-4)15-13-23/h5-16,21H,17-18H2,1-4H3,(H,27,29)/t21-/m1/s1. The third-order valence-electron chi connectivity index (χ3n) is 5.48. The lowest BCUT2D eigenvalue weighted by molar-refractivity contribution is -0.122. The van der Waals surface area contributed by atoms with E-state index in [1.807, 2.05) is 74.5 Å². The lowest BCUT2D eigenvalue weighted by Gasteiger charge is -2.24.